The Labute approximate surface area is 151 Å². The molecule has 0 saturated carbocycles. The molecule has 3 rings (SSSR count). The second-order valence-corrected chi connectivity index (χ2v) is 7.59. The SMILES string of the molecule is CC[C@H](CN1CCCC1)NC(=O)Cc1c(C)[nH]c2cc(C)cc(C)c12. The first kappa shape index (κ1) is 18.0. The van der Waals surface area contributed by atoms with E-state index in [-0.39, 0.29) is 11.9 Å². The lowest BCUT2D eigenvalue weighted by Gasteiger charge is -2.23. The highest BCUT2D eigenvalue weighted by Gasteiger charge is 2.20. The largest absolute Gasteiger partial charge is 0.358 e. The van der Waals surface area contributed by atoms with Crippen molar-refractivity contribution in [3.05, 3.63) is 34.5 Å². The highest BCUT2D eigenvalue weighted by Crippen LogP contribution is 2.27. The van der Waals surface area contributed by atoms with E-state index in [1.807, 2.05) is 0 Å². The van der Waals surface area contributed by atoms with Crippen LogP contribution in [-0.2, 0) is 11.2 Å². The maximum absolute atomic E-state index is 12.7. The van der Waals surface area contributed by atoms with Crippen LogP contribution in [0.1, 0.15) is 48.6 Å². The molecular weight excluding hydrogens is 310 g/mol. The highest BCUT2D eigenvalue weighted by molar-refractivity contribution is 5.92. The molecule has 1 aromatic heterocycles. The van der Waals surface area contributed by atoms with Crippen LogP contribution in [0.3, 0.4) is 0 Å². The number of nitrogens with one attached hydrogen (secondary N) is 2. The summed E-state index contributed by atoms with van der Waals surface area (Å²) in [5, 5.41) is 4.47. The summed E-state index contributed by atoms with van der Waals surface area (Å²) in [6.07, 6.45) is 4.01. The molecule has 4 nitrogen and oxygen atoms in total. The molecule has 1 aliphatic rings. The number of aromatic nitrogens is 1. The third-order valence-electron chi connectivity index (χ3n) is 5.43. The Morgan fingerprint density at radius 1 is 1.24 bits per heavy atom. The van der Waals surface area contributed by atoms with Crippen LogP contribution in [0.2, 0.25) is 0 Å². The normalized spacial score (nSPS) is 16.5. The molecule has 0 radical (unpaired) electrons. The predicted octanol–water partition coefficient (Wildman–Crippen LogP) is 3.63. The fourth-order valence-electron chi connectivity index (χ4n) is 4.15. The van der Waals surface area contributed by atoms with Crippen LogP contribution in [0, 0.1) is 20.8 Å². The van der Waals surface area contributed by atoms with Crippen LogP contribution in [-0.4, -0.2) is 41.5 Å². The first-order chi connectivity index (χ1) is 12.0. The molecule has 1 atom stereocenters. The molecule has 2 aromatic rings. The number of carbonyl (C=O) groups is 1. The summed E-state index contributed by atoms with van der Waals surface area (Å²) < 4.78 is 0. The lowest BCUT2D eigenvalue weighted by molar-refractivity contribution is -0.121. The van der Waals surface area contributed by atoms with Crippen LogP contribution >= 0.6 is 0 Å². The maximum atomic E-state index is 12.7. The van der Waals surface area contributed by atoms with Crippen LogP contribution in [0.5, 0.6) is 0 Å². The van der Waals surface area contributed by atoms with Gasteiger partial charge >= 0.3 is 0 Å². The summed E-state index contributed by atoms with van der Waals surface area (Å²) in [5.41, 5.74) is 5.87. The third-order valence-corrected chi connectivity index (χ3v) is 5.43. The molecule has 2 N–H and O–H groups in total. The van der Waals surface area contributed by atoms with Crippen molar-refractivity contribution in [2.45, 2.75) is 59.4 Å². The number of fused-ring (bicyclic) bond motifs is 1. The standard InChI is InChI=1S/C21H31N3O/c1-5-17(13-24-8-6-7-9-24)23-20(25)12-18-16(4)22-19-11-14(2)10-15(3)21(18)19/h10-11,17,22H,5-9,12-13H2,1-4H3,(H,23,25)/t17-/m1/s1. The average Bonchev–Trinajstić information content (AvgIpc) is 3.15. The van der Waals surface area contributed by atoms with E-state index in [1.165, 1.54) is 42.4 Å². The molecule has 0 aliphatic carbocycles. The Bertz CT molecular complexity index is 756. The molecule has 0 bridgehead atoms. The molecule has 1 aliphatic heterocycles. The molecule has 1 aromatic carbocycles. The monoisotopic (exact) mass is 341 g/mol. The Morgan fingerprint density at radius 3 is 2.64 bits per heavy atom. The number of amides is 1. The molecule has 4 heteroatoms. The van der Waals surface area contributed by atoms with Crippen LogP contribution in [0.4, 0.5) is 0 Å². The Balaban J connectivity index is 1.72. The van der Waals surface area contributed by atoms with Gasteiger partial charge in [-0.3, -0.25) is 4.79 Å². The molecule has 25 heavy (non-hydrogen) atoms. The van der Waals surface area contributed by atoms with Gasteiger partial charge in [0.25, 0.3) is 0 Å². The van der Waals surface area contributed by atoms with Crippen molar-refractivity contribution in [2.24, 2.45) is 0 Å². The van der Waals surface area contributed by atoms with Gasteiger partial charge in [0.2, 0.25) is 5.91 Å². The minimum Gasteiger partial charge on any atom is -0.358 e. The van der Waals surface area contributed by atoms with E-state index in [9.17, 15) is 4.79 Å². The van der Waals surface area contributed by atoms with Gasteiger partial charge in [0.1, 0.15) is 0 Å². The Morgan fingerprint density at radius 2 is 1.96 bits per heavy atom. The minimum absolute atomic E-state index is 0.134. The number of aryl methyl sites for hydroxylation is 3. The minimum atomic E-state index is 0.134. The number of H-pyrrole nitrogens is 1. The smallest absolute Gasteiger partial charge is 0.224 e. The molecule has 2 heterocycles. The number of benzene rings is 1. The summed E-state index contributed by atoms with van der Waals surface area (Å²) in [6.45, 7) is 11.8. The van der Waals surface area contributed by atoms with E-state index in [1.54, 1.807) is 0 Å². The molecule has 0 unspecified atom stereocenters. The number of hydrogen-bond donors (Lipinski definition) is 2. The van der Waals surface area contributed by atoms with E-state index in [2.05, 4.69) is 55.0 Å². The van der Waals surface area contributed by atoms with Crippen LogP contribution < -0.4 is 5.32 Å². The summed E-state index contributed by atoms with van der Waals surface area (Å²) >= 11 is 0. The Hall–Kier alpha value is -1.81. The maximum Gasteiger partial charge on any atom is 0.224 e. The molecule has 1 fully saturated rings. The lowest BCUT2D eigenvalue weighted by atomic mass is 10.0. The van der Waals surface area contributed by atoms with E-state index in [0.29, 0.717) is 6.42 Å². The van der Waals surface area contributed by atoms with E-state index >= 15 is 0 Å². The molecule has 1 amide bonds. The summed E-state index contributed by atoms with van der Waals surface area (Å²) in [4.78, 5) is 18.6. The van der Waals surface area contributed by atoms with E-state index < -0.39 is 0 Å². The number of hydrogen-bond acceptors (Lipinski definition) is 2. The van der Waals surface area contributed by atoms with Crippen LogP contribution in [0.15, 0.2) is 12.1 Å². The van der Waals surface area contributed by atoms with Crippen molar-refractivity contribution in [1.29, 1.82) is 0 Å². The quantitative estimate of drug-likeness (QED) is 0.843. The predicted molar refractivity (Wildman–Crippen MR) is 104 cm³/mol. The second kappa shape index (κ2) is 7.61. The number of nitrogens with zero attached hydrogens (tertiary/aromatic N) is 1. The molecule has 1 saturated heterocycles. The zero-order valence-corrected chi connectivity index (χ0v) is 16.0. The van der Waals surface area contributed by atoms with Crippen molar-refractivity contribution >= 4 is 16.8 Å². The summed E-state index contributed by atoms with van der Waals surface area (Å²) in [6, 6.07) is 4.61. The van der Waals surface area contributed by atoms with Gasteiger partial charge in [-0.2, -0.15) is 0 Å². The fraction of sp³-hybridized carbons (Fsp3) is 0.571. The van der Waals surface area contributed by atoms with Gasteiger partial charge in [0.15, 0.2) is 0 Å². The van der Waals surface area contributed by atoms with Crippen molar-refractivity contribution < 1.29 is 4.79 Å². The number of carbonyl (C=O) groups excluding carboxylic acids is 1. The zero-order valence-electron chi connectivity index (χ0n) is 16.0. The summed E-state index contributed by atoms with van der Waals surface area (Å²) in [5.74, 6) is 0.134. The zero-order chi connectivity index (χ0) is 18.0. The number of aromatic amines is 1. The van der Waals surface area contributed by atoms with E-state index in [4.69, 9.17) is 0 Å². The van der Waals surface area contributed by atoms with Crippen LogP contribution in [0.25, 0.3) is 10.9 Å². The molecule has 136 valence electrons. The van der Waals surface area contributed by atoms with Gasteiger partial charge in [-0.15, -0.1) is 0 Å². The first-order valence-corrected chi connectivity index (χ1v) is 9.58. The topological polar surface area (TPSA) is 48.1 Å². The third kappa shape index (κ3) is 4.06. The second-order valence-electron chi connectivity index (χ2n) is 7.59. The van der Waals surface area contributed by atoms with Gasteiger partial charge in [-0.05, 0) is 75.9 Å². The van der Waals surface area contributed by atoms with E-state index in [0.717, 1.165) is 29.7 Å². The number of rotatable bonds is 6. The number of likely N-dealkylation sites (tertiary alicyclic amines) is 1. The average molecular weight is 341 g/mol. The van der Waals surface area contributed by atoms with Crippen molar-refractivity contribution in [2.75, 3.05) is 19.6 Å². The summed E-state index contributed by atoms with van der Waals surface area (Å²) in [7, 11) is 0. The van der Waals surface area contributed by atoms with Gasteiger partial charge < -0.3 is 15.2 Å². The van der Waals surface area contributed by atoms with Gasteiger partial charge in [-0.25, -0.2) is 0 Å². The molecule has 0 spiro atoms. The van der Waals surface area contributed by atoms with Crippen molar-refractivity contribution in [1.82, 2.24) is 15.2 Å². The van der Waals surface area contributed by atoms with Crippen molar-refractivity contribution in [3.8, 4) is 0 Å². The van der Waals surface area contributed by atoms with Gasteiger partial charge in [0.05, 0.1) is 6.42 Å². The first-order valence-electron chi connectivity index (χ1n) is 9.58. The Kier molecular flexibility index (Phi) is 5.48. The fourth-order valence-corrected chi connectivity index (χ4v) is 4.15. The van der Waals surface area contributed by atoms with Crippen molar-refractivity contribution in [3.63, 3.8) is 0 Å². The lowest BCUT2D eigenvalue weighted by Crippen LogP contribution is -2.43. The van der Waals surface area contributed by atoms with Gasteiger partial charge in [0, 0.05) is 29.2 Å². The molecular formula is C21H31N3O. The van der Waals surface area contributed by atoms with Gasteiger partial charge in [-0.1, -0.05) is 13.0 Å². The highest BCUT2D eigenvalue weighted by atomic mass is 16.1.